The Morgan fingerprint density at radius 2 is 1.05 bits per heavy atom. The molecule has 3 heterocycles. The molecule has 0 radical (unpaired) electrons. The maximum absolute atomic E-state index is 6.34. The number of furan rings is 1. The molecule has 0 amide bonds. The molecule has 0 aliphatic heterocycles. The Kier molecular flexibility index (Phi) is 7.37. The van der Waals surface area contributed by atoms with Crippen LogP contribution in [-0.4, -0.2) is 4.98 Å². The molecule has 5 heteroatoms. The van der Waals surface area contributed by atoms with Gasteiger partial charge in [-0.05, 0) is 112 Å². The molecule has 0 saturated carbocycles. The van der Waals surface area contributed by atoms with Gasteiger partial charge in [-0.2, -0.15) is 0 Å². The fraction of sp³-hybridized carbons (Fsp3) is 0. The summed E-state index contributed by atoms with van der Waals surface area (Å²) in [4.78, 5) is 7.12. The van der Waals surface area contributed by atoms with E-state index in [0.29, 0.717) is 5.89 Å². The van der Waals surface area contributed by atoms with Crippen molar-refractivity contribution < 1.29 is 8.83 Å². The highest BCUT2D eigenvalue weighted by Crippen LogP contribution is 2.42. The van der Waals surface area contributed by atoms with E-state index in [9.17, 15) is 0 Å². The summed E-state index contributed by atoms with van der Waals surface area (Å²) >= 11 is 1.84. The highest BCUT2D eigenvalue weighted by atomic mass is 32.1. The molecule has 0 fully saturated rings. The number of benzene rings is 9. The molecule has 4 nitrogen and oxygen atoms in total. The van der Waals surface area contributed by atoms with Gasteiger partial charge in [-0.3, -0.25) is 0 Å². The van der Waals surface area contributed by atoms with Gasteiger partial charge in [0.1, 0.15) is 16.7 Å². The zero-order valence-corrected chi connectivity index (χ0v) is 31.9. The quantitative estimate of drug-likeness (QED) is 0.169. The van der Waals surface area contributed by atoms with Gasteiger partial charge in [0.15, 0.2) is 5.58 Å². The normalized spacial score (nSPS) is 11.8. The summed E-state index contributed by atoms with van der Waals surface area (Å²) in [5, 5.41) is 7.10. The van der Waals surface area contributed by atoms with Crippen molar-refractivity contribution in [1.82, 2.24) is 4.98 Å². The van der Waals surface area contributed by atoms with Gasteiger partial charge in [0.05, 0.1) is 0 Å². The van der Waals surface area contributed by atoms with Crippen LogP contribution in [0, 0.1) is 0 Å². The number of anilines is 3. The van der Waals surface area contributed by atoms with Crippen molar-refractivity contribution in [3.05, 3.63) is 194 Å². The van der Waals surface area contributed by atoms with E-state index >= 15 is 0 Å². The van der Waals surface area contributed by atoms with Crippen molar-refractivity contribution in [2.45, 2.75) is 0 Å². The largest absolute Gasteiger partial charge is 0.456 e. The number of aromatic nitrogens is 1. The van der Waals surface area contributed by atoms with Gasteiger partial charge in [-0.15, -0.1) is 11.3 Å². The standard InChI is InChI=1S/C53H32N2O2S/c1-2-10-36(11-3-1)53-54-47-32-49-45(31-50(47)57-53)44-29-37(21-27-48(44)56-49)33-17-22-38(23-18-33)55(40-26-28-52-46(30-40)43-14-6-7-16-51(43)58-52)39-24-19-35(20-25-39)42-15-8-12-34-9-4-5-13-41(34)42/h1-32H. The fourth-order valence-electron chi connectivity index (χ4n) is 8.45. The molecule has 0 aliphatic carbocycles. The summed E-state index contributed by atoms with van der Waals surface area (Å²) in [5.74, 6) is 0.603. The van der Waals surface area contributed by atoms with Crippen molar-refractivity contribution >= 4 is 92.4 Å². The van der Waals surface area contributed by atoms with E-state index in [1.807, 2.05) is 47.7 Å². The van der Waals surface area contributed by atoms with Crippen LogP contribution in [0.25, 0.3) is 97.7 Å². The molecule has 0 atom stereocenters. The van der Waals surface area contributed by atoms with Crippen molar-refractivity contribution in [2.75, 3.05) is 4.90 Å². The summed E-state index contributed by atoms with van der Waals surface area (Å²) in [6.07, 6.45) is 0. The van der Waals surface area contributed by atoms with Gasteiger partial charge in [0.25, 0.3) is 0 Å². The third kappa shape index (κ3) is 5.40. The van der Waals surface area contributed by atoms with Gasteiger partial charge in [0.2, 0.25) is 5.89 Å². The lowest BCUT2D eigenvalue weighted by Crippen LogP contribution is -2.09. The van der Waals surface area contributed by atoms with E-state index in [2.05, 4.69) is 163 Å². The second-order valence-corrected chi connectivity index (χ2v) is 15.8. The molecule has 3 aromatic heterocycles. The monoisotopic (exact) mass is 760 g/mol. The zero-order chi connectivity index (χ0) is 38.2. The van der Waals surface area contributed by atoms with E-state index < -0.39 is 0 Å². The molecular formula is C53H32N2O2S. The summed E-state index contributed by atoms with van der Waals surface area (Å²) < 4.78 is 15.2. The first-order chi connectivity index (χ1) is 28.7. The Hall–Kier alpha value is -7.47. The number of oxazole rings is 1. The predicted octanol–water partition coefficient (Wildman–Crippen LogP) is 15.7. The molecule has 0 saturated heterocycles. The zero-order valence-electron chi connectivity index (χ0n) is 31.1. The molecule has 58 heavy (non-hydrogen) atoms. The molecule has 0 aliphatic rings. The SMILES string of the molecule is c1ccc(-c2nc3cc4oc5ccc(-c6ccc(N(c7ccc(-c8cccc9ccccc89)cc7)c7ccc8sc9ccccc9c8c7)cc6)cc5c4cc3o2)cc1. The van der Waals surface area contributed by atoms with Crippen LogP contribution >= 0.6 is 11.3 Å². The highest BCUT2D eigenvalue weighted by Gasteiger charge is 2.18. The average Bonchev–Trinajstić information content (AvgIpc) is 3.99. The molecule has 12 rings (SSSR count). The lowest BCUT2D eigenvalue weighted by Gasteiger charge is -2.26. The van der Waals surface area contributed by atoms with Gasteiger partial charge < -0.3 is 13.7 Å². The fourth-order valence-corrected chi connectivity index (χ4v) is 9.54. The smallest absolute Gasteiger partial charge is 0.227 e. The van der Waals surface area contributed by atoms with Crippen LogP contribution in [0.15, 0.2) is 203 Å². The van der Waals surface area contributed by atoms with Crippen LogP contribution in [0.1, 0.15) is 0 Å². The second-order valence-electron chi connectivity index (χ2n) is 14.7. The average molecular weight is 761 g/mol. The first-order valence-electron chi connectivity index (χ1n) is 19.4. The van der Waals surface area contributed by atoms with Crippen molar-refractivity contribution in [1.29, 1.82) is 0 Å². The molecule has 0 bridgehead atoms. The summed E-state index contributed by atoms with van der Waals surface area (Å²) in [5.41, 5.74) is 12.0. The van der Waals surface area contributed by atoms with Crippen LogP contribution < -0.4 is 4.90 Å². The first-order valence-corrected chi connectivity index (χ1v) is 20.2. The van der Waals surface area contributed by atoms with Crippen molar-refractivity contribution in [2.24, 2.45) is 0 Å². The van der Waals surface area contributed by atoms with E-state index in [-0.39, 0.29) is 0 Å². The maximum atomic E-state index is 6.34. The number of rotatable bonds is 6. The predicted molar refractivity (Wildman–Crippen MR) is 243 cm³/mol. The Labute approximate surface area is 337 Å². The maximum Gasteiger partial charge on any atom is 0.227 e. The van der Waals surface area contributed by atoms with E-state index in [0.717, 1.165) is 66.8 Å². The minimum absolute atomic E-state index is 0.603. The molecule has 0 N–H and O–H groups in total. The van der Waals surface area contributed by atoms with Crippen LogP contribution in [0.2, 0.25) is 0 Å². The van der Waals surface area contributed by atoms with Crippen LogP contribution in [-0.2, 0) is 0 Å². The second kappa shape index (κ2) is 13.1. The van der Waals surface area contributed by atoms with Crippen molar-refractivity contribution in [3.8, 4) is 33.7 Å². The van der Waals surface area contributed by atoms with Gasteiger partial charge in [-0.25, -0.2) is 4.98 Å². The third-order valence-corrected chi connectivity index (χ3v) is 12.5. The van der Waals surface area contributed by atoms with Crippen molar-refractivity contribution in [3.63, 3.8) is 0 Å². The molecular weight excluding hydrogens is 729 g/mol. The van der Waals surface area contributed by atoms with Crippen LogP contribution in [0.4, 0.5) is 17.1 Å². The van der Waals surface area contributed by atoms with E-state index in [1.54, 1.807) is 0 Å². The Balaban J connectivity index is 0.938. The molecule has 12 aromatic rings. The number of hydrogen-bond donors (Lipinski definition) is 0. The van der Waals surface area contributed by atoms with Crippen LogP contribution in [0.5, 0.6) is 0 Å². The topological polar surface area (TPSA) is 42.4 Å². The van der Waals surface area contributed by atoms with E-state index in [1.165, 1.54) is 42.1 Å². The summed E-state index contributed by atoms with van der Waals surface area (Å²) in [6, 6.07) is 69.0. The molecule has 9 aromatic carbocycles. The minimum Gasteiger partial charge on any atom is -0.456 e. The summed E-state index contributed by atoms with van der Waals surface area (Å²) in [6.45, 7) is 0. The Morgan fingerprint density at radius 1 is 0.379 bits per heavy atom. The third-order valence-electron chi connectivity index (χ3n) is 11.3. The van der Waals surface area contributed by atoms with Gasteiger partial charge in [-0.1, -0.05) is 109 Å². The molecule has 272 valence electrons. The Morgan fingerprint density at radius 3 is 1.90 bits per heavy atom. The number of thiophene rings is 1. The highest BCUT2D eigenvalue weighted by molar-refractivity contribution is 7.25. The molecule has 0 unspecified atom stereocenters. The lowest BCUT2D eigenvalue weighted by molar-refractivity contribution is 0.620. The number of hydrogen-bond acceptors (Lipinski definition) is 5. The summed E-state index contributed by atoms with van der Waals surface area (Å²) in [7, 11) is 0. The first kappa shape index (κ1) is 32.7. The van der Waals surface area contributed by atoms with Gasteiger partial charge in [0, 0.05) is 59.6 Å². The minimum atomic E-state index is 0.603. The molecule has 0 spiro atoms. The lowest BCUT2D eigenvalue weighted by atomic mass is 9.98. The van der Waals surface area contributed by atoms with E-state index in [4.69, 9.17) is 13.8 Å². The van der Waals surface area contributed by atoms with Crippen LogP contribution in [0.3, 0.4) is 0 Å². The van der Waals surface area contributed by atoms with Gasteiger partial charge >= 0.3 is 0 Å². The number of nitrogens with zero attached hydrogens (tertiary/aromatic N) is 2. The Bertz CT molecular complexity index is 3500. The number of fused-ring (bicyclic) bond motifs is 8.